The van der Waals surface area contributed by atoms with E-state index in [1.54, 1.807) is 37.6 Å². The SMILES string of the molecule is CCn1cc(-c2nc(-c3ccc(OC)c(OC)c3)no2)c(=O)c2cc(F)c(N3CCOCC3)cc21. The van der Waals surface area contributed by atoms with Crippen molar-refractivity contribution >= 4 is 16.6 Å². The van der Waals surface area contributed by atoms with Crippen LogP contribution in [0.3, 0.4) is 0 Å². The van der Waals surface area contributed by atoms with Crippen molar-refractivity contribution in [2.24, 2.45) is 0 Å². The van der Waals surface area contributed by atoms with Crippen molar-refractivity contribution in [1.82, 2.24) is 14.7 Å². The third kappa shape index (κ3) is 4.10. The van der Waals surface area contributed by atoms with Gasteiger partial charge in [-0.2, -0.15) is 4.98 Å². The Balaban J connectivity index is 1.58. The Bertz CT molecular complexity index is 1440. The molecule has 0 amide bonds. The number of rotatable bonds is 6. The Hall–Kier alpha value is -3.92. The Morgan fingerprint density at radius 1 is 1.09 bits per heavy atom. The number of morpholine rings is 1. The molecule has 0 saturated carbocycles. The lowest BCUT2D eigenvalue weighted by Gasteiger charge is -2.29. The third-order valence-electron chi connectivity index (χ3n) is 6.14. The average molecular weight is 480 g/mol. The average Bonchev–Trinajstić information content (AvgIpc) is 3.39. The van der Waals surface area contributed by atoms with Gasteiger partial charge in [0, 0.05) is 36.8 Å². The predicted octanol–water partition coefficient (Wildman–Crippen LogP) is 3.73. The lowest BCUT2D eigenvalue weighted by molar-refractivity contribution is 0.122. The van der Waals surface area contributed by atoms with Crippen molar-refractivity contribution < 1.29 is 23.1 Å². The molecule has 182 valence electrons. The lowest BCUT2D eigenvalue weighted by Crippen LogP contribution is -2.36. The molecule has 4 aromatic rings. The molecule has 0 N–H and O–H groups in total. The highest BCUT2D eigenvalue weighted by molar-refractivity contribution is 5.86. The molecule has 2 aromatic carbocycles. The number of fused-ring (bicyclic) bond motifs is 1. The number of nitrogens with zero attached hydrogens (tertiary/aromatic N) is 4. The van der Waals surface area contributed by atoms with Crippen LogP contribution in [0, 0.1) is 5.82 Å². The molecular weight excluding hydrogens is 455 g/mol. The van der Waals surface area contributed by atoms with Crippen LogP contribution in [0.25, 0.3) is 33.7 Å². The van der Waals surface area contributed by atoms with E-state index in [0.29, 0.717) is 61.1 Å². The van der Waals surface area contributed by atoms with Gasteiger partial charge in [-0.25, -0.2) is 4.39 Å². The smallest absolute Gasteiger partial charge is 0.263 e. The van der Waals surface area contributed by atoms with E-state index in [-0.39, 0.29) is 28.1 Å². The fraction of sp³-hybridized carbons (Fsp3) is 0.320. The first-order valence-electron chi connectivity index (χ1n) is 11.3. The van der Waals surface area contributed by atoms with Crippen molar-refractivity contribution in [3.63, 3.8) is 0 Å². The highest BCUT2D eigenvalue weighted by Crippen LogP contribution is 2.32. The quantitative estimate of drug-likeness (QED) is 0.412. The molecule has 0 atom stereocenters. The van der Waals surface area contributed by atoms with Crippen LogP contribution < -0.4 is 19.8 Å². The van der Waals surface area contributed by atoms with Gasteiger partial charge < -0.3 is 28.2 Å². The summed E-state index contributed by atoms with van der Waals surface area (Å²) < 4.78 is 38.4. The van der Waals surface area contributed by atoms with E-state index in [1.807, 2.05) is 16.4 Å². The second kappa shape index (κ2) is 9.38. The van der Waals surface area contributed by atoms with Crippen LogP contribution >= 0.6 is 0 Å². The van der Waals surface area contributed by atoms with E-state index >= 15 is 4.39 Å². The summed E-state index contributed by atoms with van der Waals surface area (Å²) in [5.41, 5.74) is 1.57. The van der Waals surface area contributed by atoms with Crippen molar-refractivity contribution in [3.8, 4) is 34.3 Å². The number of pyridine rings is 1. The molecule has 0 bridgehead atoms. The van der Waals surface area contributed by atoms with Crippen molar-refractivity contribution in [2.45, 2.75) is 13.5 Å². The minimum atomic E-state index is -0.451. The number of aryl methyl sites for hydroxylation is 1. The predicted molar refractivity (Wildman–Crippen MR) is 129 cm³/mol. The van der Waals surface area contributed by atoms with Crippen LogP contribution in [0.5, 0.6) is 11.5 Å². The van der Waals surface area contributed by atoms with Gasteiger partial charge in [-0.05, 0) is 37.3 Å². The summed E-state index contributed by atoms with van der Waals surface area (Å²) >= 11 is 0. The van der Waals surface area contributed by atoms with Gasteiger partial charge in [-0.3, -0.25) is 4.79 Å². The molecule has 0 unspecified atom stereocenters. The Morgan fingerprint density at radius 3 is 2.57 bits per heavy atom. The van der Waals surface area contributed by atoms with Crippen LogP contribution in [-0.2, 0) is 11.3 Å². The van der Waals surface area contributed by atoms with Gasteiger partial charge >= 0.3 is 0 Å². The minimum absolute atomic E-state index is 0.0570. The zero-order chi connectivity index (χ0) is 24.5. The van der Waals surface area contributed by atoms with E-state index in [4.69, 9.17) is 18.7 Å². The number of hydrogen-bond acceptors (Lipinski definition) is 8. The fourth-order valence-electron chi connectivity index (χ4n) is 4.29. The highest BCUT2D eigenvalue weighted by Gasteiger charge is 2.21. The monoisotopic (exact) mass is 480 g/mol. The van der Waals surface area contributed by atoms with E-state index in [1.165, 1.54) is 13.2 Å². The normalized spacial score (nSPS) is 13.9. The lowest BCUT2D eigenvalue weighted by atomic mass is 10.1. The van der Waals surface area contributed by atoms with Crippen LogP contribution in [0.2, 0.25) is 0 Å². The highest BCUT2D eigenvalue weighted by atomic mass is 19.1. The number of hydrogen-bond donors (Lipinski definition) is 0. The minimum Gasteiger partial charge on any atom is -0.493 e. The molecule has 1 aliphatic rings. The summed E-state index contributed by atoms with van der Waals surface area (Å²) in [5, 5.41) is 4.29. The van der Waals surface area contributed by atoms with Gasteiger partial charge in [0.05, 0.1) is 38.6 Å². The zero-order valence-corrected chi connectivity index (χ0v) is 19.7. The molecule has 2 aromatic heterocycles. The molecule has 10 heteroatoms. The van der Waals surface area contributed by atoms with E-state index in [0.717, 1.165) is 0 Å². The standard InChI is InChI=1S/C25H25FN4O5/c1-4-29-14-17(25-27-24(28-35-25)15-5-6-21(32-2)22(11-15)33-3)23(31)16-12-18(26)20(13-19(16)29)30-7-9-34-10-8-30/h5-6,11-14H,4,7-10H2,1-3H3. The Morgan fingerprint density at radius 2 is 1.86 bits per heavy atom. The number of anilines is 1. The molecule has 35 heavy (non-hydrogen) atoms. The van der Waals surface area contributed by atoms with Crippen molar-refractivity contribution in [1.29, 1.82) is 0 Å². The van der Waals surface area contributed by atoms with Crippen LogP contribution in [0.4, 0.5) is 10.1 Å². The Kier molecular flexibility index (Phi) is 6.12. The summed E-state index contributed by atoms with van der Waals surface area (Å²) in [4.78, 5) is 19.8. The van der Waals surface area contributed by atoms with Gasteiger partial charge in [0.2, 0.25) is 11.3 Å². The summed E-state index contributed by atoms with van der Waals surface area (Å²) in [5.74, 6) is 0.979. The molecule has 5 rings (SSSR count). The van der Waals surface area contributed by atoms with Crippen LogP contribution in [-0.4, -0.2) is 55.2 Å². The molecule has 0 aliphatic carbocycles. The van der Waals surface area contributed by atoms with E-state index in [2.05, 4.69) is 10.1 Å². The molecule has 1 aliphatic heterocycles. The molecular formula is C25H25FN4O5. The van der Waals surface area contributed by atoms with E-state index in [9.17, 15) is 4.79 Å². The van der Waals surface area contributed by atoms with Gasteiger partial charge in [0.1, 0.15) is 11.4 Å². The van der Waals surface area contributed by atoms with Crippen LogP contribution in [0.15, 0.2) is 45.8 Å². The molecule has 0 radical (unpaired) electrons. The first kappa shape index (κ1) is 22.9. The maximum atomic E-state index is 15.1. The maximum absolute atomic E-state index is 15.1. The number of methoxy groups -OCH3 is 2. The van der Waals surface area contributed by atoms with Crippen molar-refractivity contribution in [3.05, 3.63) is 52.6 Å². The second-order valence-electron chi connectivity index (χ2n) is 8.07. The topological polar surface area (TPSA) is 91.8 Å². The van der Waals surface area contributed by atoms with E-state index < -0.39 is 5.82 Å². The molecule has 1 fully saturated rings. The first-order chi connectivity index (χ1) is 17.0. The Labute approximate surface area is 200 Å². The largest absolute Gasteiger partial charge is 0.493 e. The molecule has 3 heterocycles. The molecule has 1 saturated heterocycles. The van der Waals surface area contributed by atoms with Gasteiger partial charge in [0.25, 0.3) is 5.89 Å². The summed E-state index contributed by atoms with van der Waals surface area (Å²) in [6.07, 6.45) is 1.68. The summed E-state index contributed by atoms with van der Waals surface area (Å²) in [6, 6.07) is 8.25. The number of ether oxygens (including phenoxy) is 3. The summed E-state index contributed by atoms with van der Waals surface area (Å²) in [7, 11) is 3.09. The van der Waals surface area contributed by atoms with Crippen LogP contribution in [0.1, 0.15) is 6.92 Å². The number of halogens is 1. The van der Waals surface area contributed by atoms with Crippen molar-refractivity contribution in [2.75, 3.05) is 45.4 Å². The second-order valence-corrected chi connectivity index (χ2v) is 8.07. The fourth-order valence-corrected chi connectivity index (χ4v) is 4.29. The van der Waals surface area contributed by atoms with Gasteiger partial charge in [0.15, 0.2) is 11.5 Å². The maximum Gasteiger partial charge on any atom is 0.263 e. The van der Waals surface area contributed by atoms with Gasteiger partial charge in [-0.15, -0.1) is 0 Å². The zero-order valence-electron chi connectivity index (χ0n) is 19.7. The number of benzene rings is 2. The molecule has 0 spiro atoms. The van der Waals surface area contributed by atoms with Gasteiger partial charge in [-0.1, -0.05) is 5.16 Å². The molecule has 9 nitrogen and oxygen atoms in total. The number of aromatic nitrogens is 3. The summed E-state index contributed by atoms with van der Waals surface area (Å²) in [6.45, 7) is 4.78. The first-order valence-corrected chi connectivity index (χ1v) is 11.3. The third-order valence-corrected chi connectivity index (χ3v) is 6.14.